The van der Waals surface area contributed by atoms with Gasteiger partial charge >= 0.3 is 0 Å². The molecule has 1 N–H and O–H groups in total. The van der Waals surface area contributed by atoms with Crippen LogP contribution in [-0.2, 0) is 26.2 Å². The lowest BCUT2D eigenvalue weighted by atomic mass is 10.1. The second-order valence-corrected chi connectivity index (χ2v) is 12.5. The average Bonchev–Trinajstić information content (AvgIpc) is 2.92. The lowest BCUT2D eigenvalue weighted by Gasteiger charge is -2.32. The highest BCUT2D eigenvalue weighted by molar-refractivity contribution is 9.10. The van der Waals surface area contributed by atoms with Gasteiger partial charge in [-0.2, -0.15) is 0 Å². The van der Waals surface area contributed by atoms with Crippen LogP contribution in [0.1, 0.15) is 32.3 Å². The number of hydrogen-bond donors (Lipinski definition) is 1. The summed E-state index contributed by atoms with van der Waals surface area (Å²) in [5.41, 5.74) is 0.946. The van der Waals surface area contributed by atoms with Crippen molar-refractivity contribution in [3.8, 4) is 0 Å². The molecule has 0 fully saturated rings. The van der Waals surface area contributed by atoms with Crippen molar-refractivity contribution >= 4 is 66.7 Å². The first-order chi connectivity index (χ1) is 18.5. The molecule has 0 saturated heterocycles. The molecule has 0 radical (unpaired) electrons. The molecular formula is C28H30BrCl2N3O4S. The van der Waals surface area contributed by atoms with E-state index in [1.165, 1.54) is 35.2 Å². The zero-order chi connectivity index (χ0) is 28.6. The van der Waals surface area contributed by atoms with E-state index in [9.17, 15) is 18.0 Å². The van der Waals surface area contributed by atoms with Crippen LogP contribution in [0.5, 0.6) is 0 Å². The number of nitrogens with zero attached hydrogens (tertiary/aromatic N) is 2. The summed E-state index contributed by atoms with van der Waals surface area (Å²) in [5, 5.41) is 3.26. The average molecular weight is 655 g/mol. The second kappa shape index (κ2) is 14.2. The van der Waals surface area contributed by atoms with Crippen molar-refractivity contribution in [2.45, 2.75) is 44.2 Å². The molecule has 39 heavy (non-hydrogen) atoms. The molecule has 208 valence electrons. The van der Waals surface area contributed by atoms with Gasteiger partial charge in [-0.25, -0.2) is 8.42 Å². The maximum absolute atomic E-state index is 13.9. The maximum atomic E-state index is 13.9. The Balaban J connectivity index is 2.01. The fraction of sp³-hybridized carbons (Fsp3) is 0.286. The topological polar surface area (TPSA) is 86.8 Å². The Morgan fingerprint density at radius 1 is 0.974 bits per heavy atom. The lowest BCUT2D eigenvalue weighted by molar-refractivity contribution is -0.139. The fourth-order valence-corrected chi connectivity index (χ4v) is 6.01. The lowest BCUT2D eigenvalue weighted by Crippen LogP contribution is -2.51. The molecule has 0 unspecified atom stereocenters. The number of amides is 2. The summed E-state index contributed by atoms with van der Waals surface area (Å²) in [6, 6.07) is 18.7. The van der Waals surface area contributed by atoms with E-state index in [0.717, 1.165) is 27.2 Å². The van der Waals surface area contributed by atoms with Gasteiger partial charge in [0.1, 0.15) is 12.6 Å². The van der Waals surface area contributed by atoms with E-state index in [-0.39, 0.29) is 33.1 Å². The van der Waals surface area contributed by atoms with Crippen LogP contribution in [0.4, 0.5) is 5.69 Å². The zero-order valence-corrected chi connectivity index (χ0v) is 25.5. The smallest absolute Gasteiger partial charge is 0.264 e. The summed E-state index contributed by atoms with van der Waals surface area (Å²) in [7, 11) is -4.18. The van der Waals surface area contributed by atoms with Crippen LogP contribution in [0.3, 0.4) is 0 Å². The Labute approximate surface area is 248 Å². The monoisotopic (exact) mass is 653 g/mol. The Hall–Kier alpha value is -2.59. The summed E-state index contributed by atoms with van der Waals surface area (Å²) in [6.45, 7) is 3.67. The van der Waals surface area contributed by atoms with Gasteiger partial charge in [0.05, 0.1) is 20.6 Å². The van der Waals surface area contributed by atoms with Crippen molar-refractivity contribution in [2.75, 3.05) is 17.4 Å². The first-order valence-corrected chi connectivity index (χ1v) is 15.4. The highest BCUT2D eigenvalue weighted by atomic mass is 79.9. The molecule has 2 amide bonds. The van der Waals surface area contributed by atoms with Gasteiger partial charge < -0.3 is 10.2 Å². The highest BCUT2D eigenvalue weighted by Crippen LogP contribution is 2.31. The van der Waals surface area contributed by atoms with Crippen molar-refractivity contribution < 1.29 is 18.0 Å². The van der Waals surface area contributed by atoms with Crippen LogP contribution in [0, 0.1) is 0 Å². The van der Waals surface area contributed by atoms with Crippen molar-refractivity contribution in [1.29, 1.82) is 0 Å². The Kier molecular flexibility index (Phi) is 11.2. The molecule has 0 heterocycles. The van der Waals surface area contributed by atoms with E-state index >= 15 is 0 Å². The minimum absolute atomic E-state index is 0.00719. The molecule has 0 aliphatic heterocycles. The van der Waals surface area contributed by atoms with Crippen molar-refractivity contribution in [2.24, 2.45) is 0 Å². The third kappa shape index (κ3) is 8.20. The summed E-state index contributed by atoms with van der Waals surface area (Å²) in [4.78, 5) is 28.3. The van der Waals surface area contributed by atoms with Gasteiger partial charge in [0.15, 0.2) is 0 Å². The summed E-state index contributed by atoms with van der Waals surface area (Å²) < 4.78 is 29.3. The first kappa shape index (κ1) is 30.9. The van der Waals surface area contributed by atoms with Gasteiger partial charge in [0.25, 0.3) is 10.0 Å². The van der Waals surface area contributed by atoms with E-state index < -0.39 is 28.5 Å². The molecular weight excluding hydrogens is 625 g/mol. The standard InChI is InChI=1S/C28H30BrCl2N3O4S/c1-3-4-15-32-28(36)20(2)33(18-21-9-8-10-22(29)16-21)27(35)19-34(23-13-14-25(30)26(31)17-23)39(37,38)24-11-6-5-7-12-24/h5-14,16-17,20H,3-4,15,18-19H2,1-2H3,(H,32,36)/t20-/m0/s1. The Bertz CT molecular complexity index is 1410. The minimum atomic E-state index is -4.18. The second-order valence-electron chi connectivity index (χ2n) is 8.90. The number of benzene rings is 3. The van der Waals surface area contributed by atoms with Gasteiger partial charge in [0.2, 0.25) is 11.8 Å². The molecule has 0 aliphatic rings. The predicted octanol–water partition coefficient (Wildman–Crippen LogP) is 6.28. The van der Waals surface area contributed by atoms with Crippen LogP contribution in [-0.4, -0.2) is 44.3 Å². The maximum Gasteiger partial charge on any atom is 0.264 e. The number of sulfonamides is 1. The van der Waals surface area contributed by atoms with E-state index in [2.05, 4.69) is 21.2 Å². The largest absolute Gasteiger partial charge is 0.354 e. The van der Waals surface area contributed by atoms with Crippen LogP contribution < -0.4 is 9.62 Å². The summed E-state index contributed by atoms with van der Waals surface area (Å²) in [5.74, 6) is -0.877. The SMILES string of the molecule is CCCCNC(=O)[C@H](C)N(Cc1cccc(Br)c1)C(=O)CN(c1ccc(Cl)c(Cl)c1)S(=O)(=O)c1ccccc1. The van der Waals surface area contributed by atoms with Crippen LogP contribution in [0.15, 0.2) is 82.2 Å². The van der Waals surface area contributed by atoms with Crippen LogP contribution in [0.2, 0.25) is 10.0 Å². The number of halogens is 3. The number of carbonyl (C=O) groups is 2. The first-order valence-electron chi connectivity index (χ1n) is 12.4. The molecule has 0 saturated carbocycles. The molecule has 0 bridgehead atoms. The minimum Gasteiger partial charge on any atom is -0.354 e. The van der Waals surface area contributed by atoms with Crippen molar-refractivity contribution in [1.82, 2.24) is 10.2 Å². The molecule has 11 heteroatoms. The van der Waals surface area contributed by atoms with Gasteiger partial charge in [-0.05, 0) is 61.4 Å². The molecule has 0 aliphatic carbocycles. The number of unbranched alkanes of at least 4 members (excludes halogenated alkanes) is 1. The summed E-state index contributed by atoms with van der Waals surface area (Å²) in [6.07, 6.45) is 1.71. The molecule has 7 nitrogen and oxygen atoms in total. The molecule has 3 aromatic carbocycles. The molecule has 0 spiro atoms. The summed E-state index contributed by atoms with van der Waals surface area (Å²) >= 11 is 15.7. The van der Waals surface area contributed by atoms with E-state index in [1.54, 1.807) is 25.1 Å². The number of carbonyl (C=O) groups excluding carboxylic acids is 2. The van der Waals surface area contributed by atoms with Crippen molar-refractivity contribution in [3.05, 3.63) is 92.9 Å². The van der Waals surface area contributed by atoms with E-state index in [0.29, 0.717) is 6.54 Å². The fourth-order valence-electron chi connectivity index (χ4n) is 3.84. The Morgan fingerprint density at radius 2 is 1.69 bits per heavy atom. The zero-order valence-electron chi connectivity index (χ0n) is 21.6. The van der Waals surface area contributed by atoms with E-state index in [1.807, 2.05) is 31.2 Å². The Morgan fingerprint density at radius 3 is 2.33 bits per heavy atom. The molecule has 3 rings (SSSR count). The molecule has 3 aromatic rings. The highest BCUT2D eigenvalue weighted by Gasteiger charge is 2.32. The molecule has 1 atom stereocenters. The van der Waals surface area contributed by atoms with Gasteiger partial charge in [-0.15, -0.1) is 0 Å². The normalized spacial score (nSPS) is 12.0. The molecule has 0 aromatic heterocycles. The number of rotatable bonds is 12. The quantitative estimate of drug-likeness (QED) is 0.233. The number of nitrogens with one attached hydrogen (secondary N) is 1. The van der Waals surface area contributed by atoms with Crippen LogP contribution in [0.25, 0.3) is 0 Å². The van der Waals surface area contributed by atoms with Gasteiger partial charge in [0, 0.05) is 17.6 Å². The van der Waals surface area contributed by atoms with E-state index in [4.69, 9.17) is 23.2 Å². The van der Waals surface area contributed by atoms with Crippen molar-refractivity contribution in [3.63, 3.8) is 0 Å². The van der Waals surface area contributed by atoms with Gasteiger partial charge in [-0.3, -0.25) is 13.9 Å². The third-order valence-electron chi connectivity index (χ3n) is 6.04. The van der Waals surface area contributed by atoms with Gasteiger partial charge in [-0.1, -0.05) is 82.8 Å². The number of hydrogen-bond acceptors (Lipinski definition) is 4. The predicted molar refractivity (Wildman–Crippen MR) is 160 cm³/mol. The van der Waals surface area contributed by atoms with Crippen LogP contribution >= 0.6 is 39.1 Å². The third-order valence-corrected chi connectivity index (χ3v) is 9.06. The number of anilines is 1.